The summed E-state index contributed by atoms with van der Waals surface area (Å²) in [5.41, 5.74) is 2.31. The number of aromatic nitrogens is 1. The molecule has 0 aliphatic carbocycles. The summed E-state index contributed by atoms with van der Waals surface area (Å²) in [6, 6.07) is 2.30. The lowest BCUT2D eigenvalue weighted by atomic mass is 10.1. The molecule has 0 spiro atoms. The van der Waals surface area contributed by atoms with Crippen LogP contribution in [-0.2, 0) is 9.47 Å². The second-order valence-electron chi connectivity index (χ2n) is 3.70. The van der Waals surface area contributed by atoms with Crippen LogP contribution in [0.15, 0.2) is 18.5 Å². The largest absolute Gasteiger partial charge is 0.382 e. The van der Waals surface area contributed by atoms with Crippen molar-refractivity contribution in [1.29, 1.82) is 0 Å². The molecule has 0 aromatic carbocycles. The molecule has 0 aliphatic rings. The predicted molar refractivity (Wildman–Crippen MR) is 63.5 cm³/mol. The molecule has 1 N–H and O–H groups in total. The molecule has 0 aliphatic heterocycles. The highest BCUT2D eigenvalue weighted by Gasteiger charge is 2.09. The highest BCUT2D eigenvalue weighted by molar-refractivity contribution is 5.20. The molecule has 1 unspecified atom stereocenters. The van der Waals surface area contributed by atoms with Gasteiger partial charge in [0, 0.05) is 19.5 Å². The van der Waals surface area contributed by atoms with Crippen molar-refractivity contribution in [3.05, 3.63) is 29.6 Å². The molecule has 1 aromatic rings. The first-order chi connectivity index (χ1) is 7.77. The van der Waals surface area contributed by atoms with Crippen LogP contribution in [0.25, 0.3) is 0 Å². The lowest BCUT2D eigenvalue weighted by molar-refractivity contribution is 0.0596. The van der Waals surface area contributed by atoms with E-state index in [1.54, 1.807) is 7.11 Å². The van der Waals surface area contributed by atoms with Gasteiger partial charge in [-0.15, -0.1) is 0 Å². The minimum Gasteiger partial charge on any atom is -0.382 e. The molecule has 0 radical (unpaired) electrons. The Morgan fingerprint density at radius 2 is 2.19 bits per heavy atom. The van der Waals surface area contributed by atoms with Crippen molar-refractivity contribution >= 4 is 0 Å². The van der Waals surface area contributed by atoms with E-state index in [0.29, 0.717) is 19.8 Å². The first-order valence-electron chi connectivity index (χ1n) is 5.43. The number of rotatable bonds is 7. The molecule has 0 saturated heterocycles. The Hall–Kier alpha value is -0.970. The molecular weight excluding hydrogens is 204 g/mol. The number of methoxy groups -OCH3 is 1. The smallest absolute Gasteiger partial charge is 0.0701 e. The van der Waals surface area contributed by atoms with Gasteiger partial charge in [-0.05, 0) is 25.1 Å². The van der Waals surface area contributed by atoms with E-state index in [0.717, 1.165) is 11.1 Å². The summed E-state index contributed by atoms with van der Waals surface area (Å²) in [6.45, 7) is 3.91. The Morgan fingerprint density at radius 3 is 2.81 bits per heavy atom. The summed E-state index contributed by atoms with van der Waals surface area (Å²) in [5, 5.41) is 3.22. The molecule has 0 fully saturated rings. The molecule has 16 heavy (non-hydrogen) atoms. The Labute approximate surface area is 97.0 Å². The highest BCUT2D eigenvalue weighted by Crippen LogP contribution is 2.12. The maximum Gasteiger partial charge on any atom is 0.0701 e. The standard InChI is InChI=1S/C12H20N2O2/c1-10-6-11(8-14-7-10)12(13-2)9-16-5-4-15-3/h6-8,12-13H,4-5,9H2,1-3H3. The third-order valence-corrected chi connectivity index (χ3v) is 2.36. The van der Waals surface area contributed by atoms with E-state index in [2.05, 4.69) is 16.4 Å². The van der Waals surface area contributed by atoms with Crippen molar-refractivity contribution in [2.24, 2.45) is 0 Å². The topological polar surface area (TPSA) is 43.4 Å². The number of pyridine rings is 1. The Morgan fingerprint density at radius 1 is 1.38 bits per heavy atom. The van der Waals surface area contributed by atoms with Crippen LogP contribution in [0.1, 0.15) is 17.2 Å². The van der Waals surface area contributed by atoms with Gasteiger partial charge in [0.2, 0.25) is 0 Å². The van der Waals surface area contributed by atoms with Gasteiger partial charge in [0.15, 0.2) is 0 Å². The Bertz CT molecular complexity index is 305. The molecule has 90 valence electrons. The number of nitrogens with one attached hydrogen (secondary N) is 1. The third-order valence-electron chi connectivity index (χ3n) is 2.36. The number of hydrogen-bond acceptors (Lipinski definition) is 4. The van der Waals surface area contributed by atoms with Gasteiger partial charge in [-0.2, -0.15) is 0 Å². The lowest BCUT2D eigenvalue weighted by Gasteiger charge is -2.16. The van der Waals surface area contributed by atoms with Crippen molar-refractivity contribution in [1.82, 2.24) is 10.3 Å². The molecule has 1 aromatic heterocycles. The Balaban J connectivity index is 2.47. The number of likely N-dealkylation sites (N-methyl/N-ethyl adjacent to an activating group) is 1. The van der Waals surface area contributed by atoms with E-state index in [-0.39, 0.29) is 6.04 Å². The summed E-state index contributed by atoms with van der Waals surface area (Å²) in [6.07, 6.45) is 3.72. The van der Waals surface area contributed by atoms with Gasteiger partial charge in [0.1, 0.15) is 0 Å². The number of ether oxygens (including phenoxy) is 2. The van der Waals surface area contributed by atoms with E-state index in [1.807, 2.05) is 26.4 Å². The van der Waals surface area contributed by atoms with Crippen LogP contribution in [0, 0.1) is 6.92 Å². The molecule has 1 atom stereocenters. The molecule has 0 amide bonds. The summed E-state index contributed by atoms with van der Waals surface area (Å²) in [7, 11) is 3.59. The first-order valence-corrected chi connectivity index (χ1v) is 5.43. The fourth-order valence-electron chi connectivity index (χ4n) is 1.46. The highest BCUT2D eigenvalue weighted by atomic mass is 16.5. The van der Waals surface area contributed by atoms with Gasteiger partial charge in [0.05, 0.1) is 25.9 Å². The van der Waals surface area contributed by atoms with E-state index >= 15 is 0 Å². The maximum atomic E-state index is 5.51. The van der Waals surface area contributed by atoms with E-state index < -0.39 is 0 Å². The van der Waals surface area contributed by atoms with E-state index in [1.165, 1.54) is 0 Å². The quantitative estimate of drug-likeness (QED) is 0.709. The minimum absolute atomic E-state index is 0.184. The molecule has 4 heteroatoms. The summed E-state index contributed by atoms with van der Waals surface area (Å²) in [4.78, 5) is 4.18. The van der Waals surface area contributed by atoms with Gasteiger partial charge in [-0.25, -0.2) is 0 Å². The van der Waals surface area contributed by atoms with Crippen LogP contribution in [0.5, 0.6) is 0 Å². The van der Waals surface area contributed by atoms with Crippen LogP contribution in [0.2, 0.25) is 0 Å². The molecule has 1 rings (SSSR count). The van der Waals surface area contributed by atoms with Crippen molar-refractivity contribution in [3.63, 3.8) is 0 Å². The van der Waals surface area contributed by atoms with E-state index in [9.17, 15) is 0 Å². The third kappa shape index (κ3) is 4.26. The van der Waals surface area contributed by atoms with Gasteiger partial charge < -0.3 is 14.8 Å². The zero-order chi connectivity index (χ0) is 11.8. The second-order valence-corrected chi connectivity index (χ2v) is 3.70. The fourth-order valence-corrected chi connectivity index (χ4v) is 1.46. The number of hydrogen-bond donors (Lipinski definition) is 1. The van der Waals surface area contributed by atoms with Gasteiger partial charge in [-0.3, -0.25) is 4.98 Å². The Kier molecular flexibility index (Phi) is 6.00. The van der Waals surface area contributed by atoms with Gasteiger partial charge in [0.25, 0.3) is 0 Å². The normalized spacial score (nSPS) is 12.7. The average Bonchev–Trinajstić information content (AvgIpc) is 2.29. The van der Waals surface area contributed by atoms with Crippen LogP contribution in [-0.4, -0.2) is 39.0 Å². The number of aryl methyl sites for hydroxylation is 1. The van der Waals surface area contributed by atoms with Crippen molar-refractivity contribution < 1.29 is 9.47 Å². The summed E-state index contributed by atoms with van der Waals surface area (Å²) >= 11 is 0. The molecule has 4 nitrogen and oxygen atoms in total. The van der Waals surface area contributed by atoms with Crippen LogP contribution < -0.4 is 5.32 Å². The van der Waals surface area contributed by atoms with Crippen molar-refractivity contribution in [2.75, 3.05) is 34.0 Å². The van der Waals surface area contributed by atoms with Crippen LogP contribution in [0.3, 0.4) is 0 Å². The van der Waals surface area contributed by atoms with Crippen molar-refractivity contribution in [3.8, 4) is 0 Å². The van der Waals surface area contributed by atoms with Crippen LogP contribution in [0.4, 0.5) is 0 Å². The average molecular weight is 224 g/mol. The van der Waals surface area contributed by atoms with Gasteiger partial charge >= 0.3 is 0 Å². The molecule has 0 saturated carbocycles. The van der Waals surface area contributed by atoms with E-state index in [4.69, 9.17) is 9.47 Å². The monoisotopic (exact) mass is 224 g/mol. The molecular formula is C12H20N2O2. The maximum absolute atomic E-state index is 5.51. The number of nitrogens with zero attached hydrogens (tertiary/aromatic N) is 1. The van der Waals surface area contributed by atoms with Crippen molar-refractivity contribution in [2.45, 2.75) is 13.0 Å². The molecule has 1 heterocycles. The second kappa shape index (κ2) is 7.33. The van der Waals surface area contributed by atoms with Gasteiger partial charge in [-0.1, -0.05) is 6.07 Å². The summed E-state index contributed by atoms with van der Waals surface area (Å²) < 4.78 is 10.4. The zero-order valence-electron chi connectivity index (χ0n) is 10.2. The fraction of sp³-hybridized carbons (Fsp3) is 0.583. The lowest BCUT2D eigenvalue weighted by Crippen LogP contribution is -2.23. The predicted octanol–water partition coefficient (Wildman–Crippen LogP) is 1.31. The zero-order valence-corrected chi connectivity index (χ0v) is 10.2. The first kappa shape index (κ1) is 13.1. The van der Waals surface area contributed by atoms with Crippen LogP contribution >= 0.6 is 0 Å². The summed E-state index contributed by atoms with van der Waals surface area (Å²) in [5.74, 6) is 0. The minimum atomic E-state index is 0.184. The molecule has 0 bridgehead atoms. The SMILES string of the molecule is CNC(COCCOC)c1cncc(C)c1.